The van der Waals surface area contributed by atoms with Crippen LogP contribution in [-0.4, -0.2) is 53.6 Å². The van der Waals surface area contributed by atoms with Crippen LogP contribution >= 0.6 is 0 Å². The standard InChI is InChI=1S/C11H10F9NO2/c12-7(13,6(22)21-4-2-1-3-5-21)10(18)8(14,15)9(16,17)11(19,20)23-10/h1-5H2. The number of carbonyl (C=O) groups excluding carboxylic acids is 1. The highest BCUT2D eigenvalue weighted by atomic mass is 19.4. The van der Waals surface area contributed by atoms with Gasteiger partial charge in [-0.2, -0.15) is 39.5 Å². The van der Waals surface area contributed by atoms with E-state index in [1.54, 1.807) is 0 Å². The second kappa shape index (κ2) is 4.90. The quantitative estimate of drug-likeness (QED) is 0.709. The molecule has 1 unspecified atom stereocenters. The minimum atomic E-state index is -6.63. The van der Waals surface area contributed by atoms with Crippen molar-refractivity contribution in [1.29, 1.82) is 0 Å². The predicted octanol–water partition coefficient (Wildman–Crippen LogP) is 3.19. The number of rotatable bonds is 2. The van der Waals surface area contributed by atoms with Gasteiger partial charge in [0.25, 0.3) is 5.91 Å². The maximum Gasteiger partial charge on any atom is 0.428 e. The van der Waals surface area contributed by atoms with Gasteiger partial charge in [-0.1, -0.05) is 0 Å². The Bertz CT molecular complexity index is 504. The molecule has 2 aliphatic rings. The van der Waals surface area contributed by atoms with Gasteiger partial charge in [-0.05, 0) is 19.3 Å². The zero-order valence-corrected chi connectivity index (χ0v) is 11.2. The van der Waals surface area contributed by atoms with Crippen molar-refractivity contribution >= 4 is 5.91 Å². The van der Waals surface area contributed by atoms with E-state index >= 15 is 0 Å². The summed E-state index contributed by atoms with van der Waals surface area (Å²) in [5.41, 5.74) is 0. The second-order valence-electron chi connectivity index (χ2n) is 5.29. The summed E-state index contributed by atoms with van der Waals surface area (Å²) < 4.78 is 122. The number of likely N-dealkylation sites (tertiary alicyclic amines) is 1. The molecule has 0 bridgehead atoms. The van der Waals surface area contributed by atoms with Crippen LogP contribution < -0.4 is 0 Å². The molecule has 0 aliphatic carbocycles. The number of nitrogens with zero attached hydrogens (tertiary/aromatic N) is 1. The van der Waals surface area contributed by atoms with Gasteiger partial charge in [-0.15, -0.1) is 0 Å². The first kappa shape index (κ1) is 18.1. The Hall–Kier alpha value is -1.20. The van der Waals surface area contributed by atoms with Crippen LogP contribution in [0, 0.1) is 0 Å². The summed E-state index contributed by atoms with van der Waals surface area (Å²) in [7, 11) is 0. The van der Waals surface area contributed by atoms with E-state index in [9.17, 15) is 44.3 Å². The van der Waals surface area contributed by atoms with Crippen LogP contribution in [0.1, 0.15) is 19.3 Å². The van der Waals surface area contributed by atoms with Crippen LogP contribution in [0.5, 0.6) is 0 Å². The molecule has 0 aromatic carbocycles. The van der Waals surface area contributed by atoms with E-state index in [2.05, 4.69) is 4.74 Å². The first-order valence-corrected chi connectivity index (χ1v) is 6.42. The van der Waals surface area contributed by atoms with Crippen molar-refractivity contribution in [3.8, 4) is 0 Å². The third kappa shape index (κ3) is 2.13. The fraction of sp³-hybridized carbons (Fsp3) is 0.909. The molecule has 23 heavy (non-hydrogen) atoms. The zero-order chi connectivity index (χ0) is 17.9. The molecule has 3 nitrogen and oxygen atoms in total. The Morgan fingerprint density at radius 2 is 1.35 bits per heavy atom. The van der Waals surface area contributed by atoms with Crippen LogP contribution in [0.3, 0.4) is 0 Å². The maximum atomic E-state index is 13.9. The van der Waals surface area contributed by atoms with Gasteiger partial charge in [0.1, 0.15) is 0 Å². The van der Waals surface area contributed by atoms with Crippen LogP contribution in [-0.2, 0) is 9.53 Å². The molecular weight excluding hydrogens is 349 g/mol. The van der Waals surface area contributed by atoms with Crippen molar-refractivity contribution in [3.63, 3.8) is 0 Å². The number of ether oxygens (including phenoxy) is 1. The minimum Gasteiger partial charge on any atom is -0.337 e. The molecule has 12 heteroatoms. The number of alkyl halides is 9. The summed E-state index contributed by atoms with van der Waals surface area (Å²) in [6.07, 6.45) is -5.33. The van der Waals surface area contributed by atoms with Crippen molar-refractivity contribution in [2.75, 3.05) is 13.1 Å². The minimum absolute atomic E-state index is 0.185. The average molecular weight is 359 g/mol. The zero-order valence-electron chi connectivity index (χ0n) is 11.2. The predicted molar refractivity (Wildman–Crippen MR) is 55.1 cm³/mol. The highest BCUT2D eigenvalue weighted by Crippen LogP contribution is 2.64. The van der Waals surface area contributed by atoms with Crippen LogP contribution in [0.4, 0.5) is 39.5 Å². The smallest absolute Gasteiger partial charge is 0.337 e. The molecule has 2 fully saturated rings. The van der Waals surface area contributed by atoms with E-state index in [1.165, 1.54) is 0 Å². The van der Waals surface area contributed by atoms with Gasteiger partial charge in [0.2, 0.25) is 0 Å². The Kier molecular flexibility index (Phi) is 3.86. The summed E-state index contributed by atoms with van der Waals surface area (Å²) in [5.74, 6) is -27.9. The average Bonchev–Trinajstić information content (AvgIpc) is 2.55. The Labute approximate surface area is 123 Å². The Morgan fingerprint density at radius 3 is 1.74 bits per heavy atom. The number of hydrogen-bond donors (Lipinski definition) is 0. The summed E-state index contributed by atoms with van der Waals surface area (Å²) >= 11 is 0. The molecule has 134 valence electrons. The summed E-state index contributed by atoms with van der Waals surface area (Å²) in [6, 6.07) is 0. The Morgan fingerprint density at radius 1 is 0.870 bits per heavy atom. The molecule has 1 amide bonds. The fourth-order valence-corrected chi connectivity index (χ4v) is 2.38. The van der Waals surface area contributed by atoms with Crippen molar-refractivity contribution in [1.82, 2.24) is 4.90 Å². The van der Waals surface area contributed by atoms with E-state index in [-0.39, 0.29) is 30.8 Å². The molecule has 0 N–H and O–H groups in total. The molecule has 0 spiro atoms. The highest BCUT2D eigenvalue weighted by Gasteiger charge is 2.96. The molecule has 0 aromatic heterocycles. The largest absolute Gasteiger partial charge is 0.428 e. The van der Waals surface area contributed by atoms with Gasteiger partial charge in [0.05, 0.1) is 0 Å². The molecule has 0 radical (unpaired) electrons. The maximum absolute atomic E-state index is 13.9. The SMILES string of the molecule is O=C(N1CCCCC1)C(F)(F)C1(F)OC(F)(F)C(F)(F)C1(F)F. The van der Waals surface area contributed by atoms with Gasteiger partial charge in [-0.25, -0.2) is 0 Å². The van der Waals surface area contributed by atoms with Crippen molar-refractivity contribution in [3.05, 3.63) is 0 Å². The lowest BCUT2D eigenvalue weighted by atomic mass is 9.98. The molecule has 1 atom stereocenters. The van der Waals surface area contributed by atoms with Crippen LogP contribution in [0.15, 0.2) is 0 Å². The van der Waals surface area contributed by atoms with Gasteiger partial charge in [-0.3, -0.25) is 9.53 Å². The molecule has 2 heterocycles. The lowest BCUT2D eigenvalue weighted by Crippen LogP contribution is -2.65. The van der Waals surface area contributed by atoms with E-state index in [0.717, 1.165) is 0 Å². The van der Waals surface area contributed by atoms with Crippen LogP contribution in [0.2, 0.25) is 0 Å². The van der Waals surface area contributed by atoms with Crippen molar-refractivity contribution < 1.29 is 49.0 Å². The number of carbonyl (C=O) groups is 1. The number of hydrogen-bond acceptors (Lipinski definition) is 2. The third-order valence-corrected chi connectivity index (χ3v) is 3.75. The lowest BCUT2D eigenvalue weighted by molar-refractivity contribution is -0.368. The molecule has 0 saturated carbocycles. The lowest BCUT2D eigenvalue weighted by Gasteiger charge is -2.36. The second-order valence-corrected chi connectivity index (χ2v) is 5.29. The first-order valence-electron chi connectivity index (χ1n) is 6.42. The van der Waals surface area contributed by atoms with Gasteiger partial charge < -0.3 is 4.90 Å². The first-order chi connectivity index (χ1) is 10.2. The molecule has 2 rings (SSSR count). The van der Waals surface area contributed by atoms with Crippen molar-refractivity contribution in [2.45, 2.75) is 49.0 Å². The third-order valence-electron chi connectivity index (χ3n) is 3.75. The van der Waals surface area contributed by atoms with E-state index in [1.807, 2.05) is 0 Å². The van der Waals surface area contributed by atoms with Crippen LogP contribution in [0.25, 0.3) is 0 Å². The molecule has 2 saturated heterocycles. The highest BCUT2D eigenvalue weighted by molar-refractivity contribution is 5.85. The number of halogens is 9. The Balaban J connectivity index is 2.43. The van der Waals surface area contributed by atoms with Gasteiger partial charge in [0, 0.05) is 13.1 Å². The van der Waals surface area contributed by atoms with E-state index in [4.69, 9.17) is 0 Å². The van der Waals surface area contributed by atoms with E-state index in [0.29, 0.717) is 6.42 Å². The van der Waals surface area contributed by atoms with Gasteiger partial charge >= 0.3 is 29.7 Å². The monoisotopic (exact) mass is 359 g/mol. The number of piperidine rings is 1. The molecular formula is C11H10F9NO2. The molecule has 0 aromatic rings. The molecule has 2 aliphatic heterocycles. The topological polar surface area (TPSA) is 29.5 Å². The van der Waals surface area contributed by atoms with Gasteiger partial charge in [0.15, 0.2) is 0 Å². The van der Waals surface area contributed by atoms with Crippen molar-refractivity contribution in [2.24, 2.45) is 0 Å². The summed E-state index contributed by atoms with van der Waals surface area (Å²) in [4.78, 5) is 11.8. The number of amides is 1. The normalized spacial score (nSPS) is 32.8. The van der Waals surface area contributed by atoms with E-state index < -0.39 is 35.6 Å². The summed E-state index contributed by atoms with van der Waals surface area (Å²) in [6.45, 7) is -0.744. The summed E-state index contributed by atoms with van der Waals surface area (Å²) in [5, 5.41) is 0. The fourth-order valence-electron chi connectivity index (χ4n) is 2.38.